The lowest BCUT2D eigenvalue weighted by Crippen LogP contribution is -2.25. The minimum Gasteiger partial charge on any atom is -0.388 e. The van der Waals surface area contributed by atoms with Gasteiger partial charge < -0.3 is 9.84 Å². The van der Waals surface area contributed by atoms with E-state index in [0.29, 0.717) is 5.56 Å². The number of rotatable bonds is 2. The molecule has 1 heterocycles. The summed E-state index contributed by atoms with van der Waals surface area (Å²) in [5.74, 6) is -1.77. The van der Waals surface area contributed by atoms with Crippen LogP contribution in [-0.4, -0.2) is 17.3 Å². The van der Waals surface area contributed by atoms with Gasteiger partial charge in [0.2, 0.25) is 0 Å². The van der Waals surface area contributed by atoms with Gasteiger partial charge in [0.15, 0.2) is 11.6 Å². The molecule has 1 aliphatic rings. The molecule has 0 saturated carbocycles. The van der Waals surface area contributed by atoms with Gasteiger partial charge in [-0.25, -0.2) is 8.78 Å². The second kappa shape index (κ2) is 4.94. The SMILES string of the molecule is CC1OC(C)C(C(O)c2ccc(F)c(F)c2)C1C. The molecule has 1 aromatic carbocycles. The number of benzene rings is 1. The van der Waals surface area contributed by atoms with Crippen LogP contribution in [-0.2, 0) is 4.74 Å². The van der Waals surface area contributed by atoms with Crippen molar-refractivity contribution >= 4 is 0 Å². The number of hydrogen-bond acceptors (Lipinski definition) is 2. The van der Waals surface area contributed by atoms with Crippen LogP contribution in [0.4, 0.5) is 8.78 Å². The number of aliphatic hydroxyl groups is 1. The Morgan fingerprint density at radius 1 is 1.11 bits per heavy atom. The maximum absolute atomic E-state index is 13.2. The summed E-state index contributed by atoms with van der Waals surface area (Å²) in [6.07, 6.45) is -0.877. The Bertz CT molecular complexity index is 436. The van der Waals surface area contributed by atoms with Gasteiger partial charge in [-0.2, -0.15) is 0 Å². The van der Waals surface area contributed by atoms with Crippen LogP contribution in [0.25, 0.3) is 0 Å². The standard InChI is InChI=1S/C14H18F2O2/c1-7-8(2)18-9(3)13(7)14(17)10-4-5-11(15)12(16)6-10/h4-9,13-14,17H,1-3H3. The monoisotopic (exact) mass is 256 g/mol. The van der Waals surface area contributed by atoms with Crippen molar-refractivity contribution in [3.63, 3.8) is 0 Å². The van der Waals surface area contributed by atoms with E-state index < -0.39 is 17.7 Å². The third kappa shape index (κ3) is 2.27. The van der Waals surface area contributed by atoms with E-state index in [1.807, 2.05) is 20.8 Å². The van der Waals surface area contributed by atoms with Gasteiger partial charge in [-0.1, -0.05) is 13.0 Å². The molecular weight excluding hydrogens is 238 g/mol. The largest absolute Gasteiger partial charge is 0.388 e. The van der Waals surface area contributed by atoms with Crippen LogP contribution in [0.1, 0.15) is 32.4 Å². The number of ether oxygens (including phenoxy) is 1. The van der Waals surface area contributed by atoms with Crippen LogP contribution in [0.2, 0.25) is 0 Å². The van der Waals surface area contributed by atoms with Crippen LogP contribution >= 0.6 is 0 Å². The van der Waals surface area contributed by atoms with Crippen molar-refractivity contribution < 1.29 is 18.6 Å². The van der Waals surface area contributed by atoms with E-state index in [9.17, 15) is 13.9 Å². The van der Waals surface area contributed by atoms with E-state index in [0.717, 1.165) is 12.1 Å². The van der Waals surface area contributed by atoms with Crippen molar-refractivity contribution in [1.29, 1.82) is 0 Å². The Hall–Kier alpha value is -1.00. The molecule has 1 N–H and O–H groups in total. The molecule has 0 spiro atoms. The van der Waals surface area contributed by atoms with Gasteiger partial charge >= 0.3 is 0 Å². The molecular formula is C14H18F2O2. The quantitative estimate of drug-likeness (QED) is 0.881. The Morgan fingerprint density at radius 2 is 1.78 bits per heavy atom. The molecule has 0 radical (unpaired) electrons. The molecule has 1 aliphatic heterocycles. The predicted molar refractivity (Wildman–Crippen MR) is 64.0 cm³/mol. The highest BCUT2D eigenvalue weighted by Crippen LogP contribution is 2.40. The summed E-state index contributed by atoms with van der Waals surface area (Å²) in [4.78, 5) is 0. The maximum Gasteiger partial charge on any atom is 0.159 e. The summed E-state index contributed by atoms with van der Waals surface area (Å²) < 4.78 is 31.7. The molecule has 0 amide bonds. The van der Waals surface area contributed by atoms with Crippen molar-refractivity contribution in [3.05, 3.63) is 35.4 Å². The number of hydrogen-bond donors (Lipinski definition) is 1. The number of aliphatic hydroxyl groups excluding tert-OH is 1. The van der Waals surface area contributed by atoms with E-state index in [1.54, 1.807) is 0 Å². The highest BCUT2D eigenvalue weighted by atomic mass is 19.2. The van der Waals surface area contributed by atoms with Crippen LogP contribution in [0, 0.1) is 23.5 Å². The highest BCUT2D eigenvalue weighted by Gasteiger charge is 2.41. The first kappa shape index (κ1) is 13.4. The molecule has 5 unspecified atom stereocenters. The second-order valence-corrected chi connectivity index (χ2v) is 5.10. The van der Waals surface area contributed by atoms with Gasteiger partial charge in [-0.3, -0.25) is 0 Å². The molecule has 4 heteroatoms. The molecule has 0 aliphatic carbocycles. The Morgan fingerprint density at radius 3 is 2.28 bits per heavy atom. The molecule has 2 rings (SSSR count). The second-order valence-electron chi connectivity index (χ2n) is 5.10. The molecule has 1 saturated heterocycles. The zero-order valence-electron chi connectivity index (χ0n) is 10.7. The van der Waals surface area contributed by atoms with Crippen LogP contribution in [0.5, 0.6) is 0 Å². The summed E-state index contributed by atoms with van der Waals surface area (Å²) in [7, 11) is 0. The first-order chi connectivity index (χ1) is 8.41. The van der Waals surface area contributed by atoms with Crippen molar-refractivity contribution in [3.8, 4) is 0 Å². The lowest BCUT2D eigenvalue weighted by Gasteiger charge is -2.25. The molecule has 5 atom stereocenters. The van der Waals surface area contributed by atoms with Gasteiger partial charge in [0.05, 0.1) is 18.3 Å². The summed E-state index contributed by atoms with van der Waals surface area (Å²) in [6, 6.07) is 3.52. The van der Waals surface area contributed by atoms with E-state index in [1.165, 1.54) is 6.07 Å². The van der Waals surface area contributed by atoms with E-state index >= 15 is 0 Å². The Balaban J connectivity index is 2.25. The fourth-order valence-corrected chi connectivity index (χ4v) is 2.76. The van der Waals surface area contributed by atoms with Gasteiger partial charge in [0.1, 0.15) is 0 Å². The van der Waals surface area contributed by atoms with Gasteiger partial charge in [0.25, 0.3) is 0 Å². The van der Waals surface area contributed by atoms with E-state index in [2.05, 4.69) is 0 Å². The number of halogens is 2. The van der Waals surface area contributed by atoms with Crippen molar-refractivity contribution in [2.45, 2.75) is 39.1 Å². The smallest absolute Gasteiger partial charge is 0.159 e. The van der Waals surface area contributed by atoms with Gasteiger partial charge in [-0.05, 0) is 37.5 Å². The fourth-order valence-electron chi connectivity index (χ4n) is 2.76. The molecule has 2 nitrogen and oxygen atoms in total. The lowest BCUT2D eigenvalue weighted by molar-refractivity contribution is 0.0230. The molecule has 1 fully saturated rings. The van der Waals surface area contributed by atoms with Crippen molar-refractivity contribution in [1.82, 2.24) is 0 Å². The normalized spacial score (nSPS) is 33.7. The first-order valence-corrected chi connectivity index (χ1v) is 6.20. The predicted octanol–water partition coefficient (Wildman–Crippen LogP) is 3.06. The summed E-state index contributed by atoms with van der Waals surface area (Å²) >= 11 is 0. The lowest BCUT2D eigenvalue weighted by atomic mass is 9.82. The summed E-state index contributed by atoms with van der Waals surface area (Å²) in [6.45, 7) is 5.86. The van der Waals surface area contributed by atoms with E-state index in [4.69, 9.17) is 4.74 Å². The molecule has 0 bridgehead atoms. The van der Waals surface area contributed by atoms with Gasteiger partial charge in [0, 0.05) is 5.92 Å². The minimum absolute atomic E-state index is 0.0601. The van der Waals surface area contributed by atoms with E-state index in [-0.39, 0.29) is 24.0 Å². The maximum atomic E-state index is 13.2. The van der Waals surface area contributed by atoms with Crippen molar-refractivity contribution in [2.75, 3.05) is 0 Å². The molecule has 1 aromatic rings. The summed E-state index contributed by atoms with van der Waals surface area (Å²) in [5, 5.41) is 10.3. The first-order valence-electron chi connectivity index (χ1n) is 6.20. The average molecular weight is 256 g/mol. The minimum atomic E-state index is -0.932. The zero-order chi connectivity index (χ0) is 13.4. The molecule has 100 valence electrons. The highest BCUT2D eigenvalue weighted by molar-refractivity contribution is 5.21. The topological polar surface area (TPSA) is 29.5 Å². The Labute approximate surface area is 106 Å². The fraction of sp³-hybridized carbons (Fsp3) is 0.571. The Kier molecular flexibility index (Phi) is 3.69. The zero-order valence-corrected chi connectivity index (χ0v) is 10.7. The van der Waals surface area contributed by atoms with Crippen LogP contribution in [0.15, 0.2) is 18.2 Å². The van der Waals surface area contributed by atoms with Gasteiger partial charge in [-0.15, -0.1) is 0 Å². The third-order valence-corrected chi connectivity index (χ3v) is 3.97. The van der Waals surface area contributed by atoms with Crippen LogP contribution < -0.4 is 0 Å². The third-order valence-electron chi connectivity index (χ3n) is 3.97. The van der Waals surface area contributed by atoms with Crippen molar-refractivity contribution in [2.24, 2.45) is 11.8 Å². The summed E-state index contributed by atoms with van der Waals surface area (Å²) in [5.41, 5.74) is 0.398. The average Bonchev–Trinajstić information content (AvgIpc) is 2.56. The molecule has 18 heavy (non-hydrogen) atoms. The molecule has 0 aromatic heterocycles. The van der Waals surface area contributed by atoms with Crippen LogP contribution in [0.3, 0.4) is 0 Å².